The summed E-state index contributed by atoms with van der Waals surface area (Å²) in [7, 11) is -4.25. The number of anilines is 1. The Hall–Kier alpha value is -5.20. The summed E-state index contributed by atoms with van der Waals surface area (Å²) in [6.45, 7) is 6.60. The molecule has 4 heterocycles. The second-order valence-corrected chi connectivity index (χ2v) is 16.3. The maximum Gasteiger partial charge on any atom is 0.393 e. The molecule has 1 unspecified atom stereocenters. The molecule has 1 aliphatic heterocycles. The highest BCUT2D eigenvalue weighted by atomic mass is 32.2. The summed E-state index contributed by atoms with van der Waals surface area (Å²) in [5.74, 6) is -3.27. The van der Waals surface area contributed by atoms with E-state index in [0.717, 1.165) is 37.2 Å². The summed E-state index contributed by atoms with van der Waals surface area (Å²) in [5.41, 5.74) is 4.59. The molecule has 1 fully saturated rings. The molecule has 1 atom stereocenters. The zero-order valence-electron chi connectivity index (χ0n) is 31.7. The van der Waals surface area contributed by atoms with Crippen molar-refractivity contribution in [3.63, 3.8) is 0 Å². The lowest BCUT2D eigenvalue weighted by atomic mass is 9.98. The van der Waals surface area contributed by atoms with Crippen LogP contribution in [-0.2, 0) is 34.3 Å². The fraction of sp³-hybridized carbons (Fsp3) is 0.385. The molecule has 18 heteroatoms. The maximum atomic E-state index is 16.0. The number of amides is 1. The number of nitrogens with zero attached hydrogens (tertiary/aromatic N) is 5. The molecule has 0 aliphatic carbocycles. The first-order valence-corrected chi connectivity index (χ1v) is 19.7. The molecule has 1 aliphatic rings. The molecule has 0 spiro atoms. The molecule has 1 amide bonds. The fourth-order valence-electron chi connectivity index (χ4n) is 6.70. The van der Waals surface area contributed by atoms with Crippen molar-refractivity contribution < 1.29 is 44.6 Å². The number of carbonyl (C=O) groups excluding carboxylic acids is 1. The molecule has 304 valence electrons. The van der Waals surface area contributed by atoms with Crippen LogP contribution < -0.4 is 20.1 Å². The first-order valence-electron chi connectivity index (χ1n) is 18.2. The number of primary amides is 1. The maximum absolute atomic E-state index is 16.0. The molecule has 3 aromatic heterocycles. The minimum atomic E-state index is -4.75. The molecular weight excluding hydrogens is 774 g/mol. The predicted octanol–water partition coefficient (Wildman–Crippen LogP) is 7.36. The number of sulfonamides is 1. The molecule has 0 radical (unpaired) electrons. The molecule has 1 saturated heterocycles. The number of hydrogen-bond acceptors (Lipinski definition) is 9. The fourth-order valence-corrected chi connectivity index (χ4v) is 7.88. The van der Waals surface area contributed by atoms with Crippen LogP contribution in [0.4, 0.5) is 27.8 Å². The first-order chi connectivity index (χ1) is 26.9. The summed E-state index contributed by atoms with van der Waals surface area (Å²) in [6, 6.07) is 13.0. The van der Waals surface area contributed by atoms with E-state index in [4.69, 9.17) is 20.2 Å². The second kappa shape index (κ2) is 16.3. The third-order valence-corrected chi connectivity index (χ3v) is 10.8. The van der Waals surface area contributed by atoms with Crippen LogP contribution in [0.3, 0.4) is 0 Å². The van der Waals surface area contributed by atoms with Crippen LogP contribution in [0.5, 0.6) is 5.75 Å². The van der Waals surface area contributed by atoms with Gasteiger partial charge in [0.25, 0.3) is 15.9 Å². The minimum absolute atomic E-state index is 0.00529. The topological polar surface area (TPSA) is 155 Å². The number of rotatable bonds is 13. The summed E-state index contributed by atoms with van der Waals surface area (Å²) < 4.78 is 116. The zero-order chi connectivity index (χ0) is 41.3. The van der Waals surface area contributed by atoms with Crippen molar-refractivity contribution in [2.24, 2.45) is 5.73 Å². The van der Waals surface area contributed by atoms with Crippen LogP contribution >= 0.6 is 0 Å². The van der Waals surface area contributed by atoms with Gasteiger partial charge in [0.15, 0.2) is 28.5 Å². The van der Waals surface area contributed by atoms with Gasteiger partial charge in [-0.25, -0.2) is 36.6 Å². The highest BCUT2D eigenvalue weighted by Gasteiger charge is 2.35. The molecule has 12 nitrogen and oxygen atoms in total. The van der Waals surface area contributed by atoms with Crippen LogP contribution in [0, 0.1) is 11.6 Å². The van der Waals surface area contributed by atoms with E-state index in [-0.39, 0.29) is 64.5 Å². The molecule has 3 N–H and O–H groups in total. The van der Waals surface area contributed by atoms with E-state index in [2.05, 4.69) is 14.8 Å². The van der Waals surface area contributed by atoms with Crippen molar-refractivity contribution in [2.75, 3.05) is 18.1 Å². The van der Waals surface area contributed by atoms with Crippen molar-refractivity contribution in [1.29, 1.82) is 0 Å². The van der Waals surface area contributed by atoms with E-state index in [9.17, 15) is 30.8 Å². The van der Waals surface area contributed by atoms with Gasteiger partial charge in [0, 0.05) is 36.4 Å². The van der Waals surface area contributed by atoms with Gasteiger partial charge in [0.05, 0.1) is 29.2 Å². The number of halogens is 5. The number of nitrogens with two attached hydrogens (primary N) is 1. The Kier molecular flexibility index (Phi) is 11.9. The molecule has 5 aromatic rings. The Labute approximate surface area is 326 Å². The molecule has 57 heavy (non-hydrogen) atoms. The monoisotopic (exact) mass is 815 g/mol. The van der Waals surface area contributed by atoms with Crippen LogP contribution in [-0.4, -0.2) is 58.9 Å². The Morgan fingerprint density at radius 3 is 2.44 bits per heavy atom. The Morgan fingerprint density at radius 1 is 1.07 bits per heavy atom. The highest BCUT2D eigenvalue weighted by Crippen LogP contribution is 2.41. The van der Waals surface area contributed by atoms with Gasteiger partial charge in [-0.2, -0.15) is 18.3 Å². The van der Waals surface area contributed by atoms with Gasteiger partial charge in [-0.15, -0.1) is 0 Å². The normalized spacial score (nSPS) is 15.2. The van der Waals surface area contributed by atoms with E-state index < -0.39 is 62.7 Å². The smallest absolute Gasteiger partial charge is 0.393 e. The first kappa shape index (κ1) is 41.4. The number of pyridine rings is 2. The third-order valence-electron chi connectivity index (χ3n) is 9.27. The van der Waals surface area contributed by atoms with E-state index in [1.807, 2.05) is 0 Å². The van der Waals surface area contributed by atoms with Crippen molar-refractivity contribution >= 4 is 32.7 Å². The largest absolute Gasteiger partial charge is 0.486 e. The summed E-state index contributed by atoms with van der Waals surface area (Å²) in [4.78, 5) is 23.4. The average Bonchev–Trinajstić information content (AvgIpc) is 3.53. The zero-order valence-corrected chi connectivity index (χ0v) is 32.5. The number of aromatic nitrogens is 4. The van der Waals surface area contributed by atoms with Crippen molar-refractivity contribution in [1.82, 2.24) is 24.5 Å². The number of hydrogen-bond donors (Lipinski definition) is 2. The van der Waals surface area contributed by atoms with Crippen LogP contribution in [0.25, 0.3) is 22.2 Å². The summed E-state index contributed by atoms with van der Waals surface area (Å²) >= 11 is 0. The highest BCUT2D eigenvalue weighted by molar-refractivity contribution is 7.89. The van der Waals surface area contributed by atoms with Gasteiger partial charge in [0.2, 0.25) is 0 Å². The molecule has 2 aromatic carbocycles. The van der Waals surface area contributed by atoms with Gasteiger partial charge in [-0.1, -0.05) is 37.3 Å². The Balaban J connectivity index is 1.63. The number of benzene rings is 2. The van der Waals surface area contributed by atoms with Gasteiger partial charge < -0.3 is 20.1 Å². The molecular formula is C39H42F5N7O5S. The average molecular weight is 816 g/mol. The van der Waals surface area contributed by atoms with Crippen molar-refractivity contribution in [3.05, 3.63) is 94.8 Å². The lowest BCUT2D eigenvalue weighted by Crippen LogP contribution is -2.42. The van der Waals surface area contributed by atoms with E-state index in [1.54, 1.807) is 58.0 Å². The van der Waals surface area contributed by atoms with Crippen molar-refractivity contribution in [3.8, 4) is 17.0 Å². The van der Waals surface area contributed by atoms with Gasteiger partial charge in [-0.3, -0.25) is 4.79 Å². The van der Waals surface area contributed by atoms with Crippen LogP contribution in [0.2, 0.25) is 0 Å². The Bertz CT molecular complexity index is 2380. The second-order valence-electron chi connectivity index (χ2n) is 14.6. The standard InChI is InChI=1S/C39H42F5N7O5S/c1-5-47-57(53,54)37-25(15-26(40)20-46-37)21-50(38(2,3)4)36-33-30(51(49-34(33)35(45)52)32-13-9-10-14-55-32)18-29(48-36)27-17-28(41)31(16-24(27)19-39(42,43)44)56-22-23-11-7-6-8-12-23/h6-8,11-12,15-18,20,32,47H,5,9-10,13-14,19,21-22H2,1-4H3,(H2,45,52). The van der Waals surface area contributed by atoms with E-state index in [0.29, 0.717) is 18.6 Å². The SMILES string of the molecule is CCNS(=O)(=O)c1ncc(F)cc1CN(c1nc(-c2cc(F)c(OCc3ccccc3)cc2CC(F)(F)F)cc2c1c(C(N)=O)nn2C1CCCCO1)C(C)(C)C. The number of nitrogens with one attached hydrogen (secondary N) is 1. The van der Waals surface area contributed by atoms with Crippen LogP contribution in [0.15, 0.2) is 65.8 Å². The predicted molar refractivity (Wildman–Crippen MR) is 202 cm³/mol. The molecule has 0 bridgehead atoms. The van der Waals surface area contributed by atoms with E-state index >= 15 is 4.39 Å². The number of ether oxygens (including phenoxy) is 2. The lowest BCUT2D eigenvalue weighted by molar-refractivity contribution is -0.127. The van der Waals surface area contributed by atoms with E-state index in [1.165, 1.54) is 15.6 Å². The van der Waals surface area contributed by atoms with Crippen LogP contribution in [0.1, 0.15) is 80.4 Å². The molecule has 0 saturated carbocycles. The lowest BCUT2D eigenvalue weighted by Gasteiger charge is -2.38. The number of carbonyl (C=O) groups is 1. The number of fused-ring (bicyclic) bond motifs is 1. The third kappa shape index (κ3) is 9.34. The molecule has 6 rings (SSSR count). The Morgan fingerprint density at radius 2 is 1.81 bits per heavy atom. The quantitative estimate of drug-likeness (QED) is 0.116. The van der Waals surface area contributed by atoms with Gasteiger partial charge in [0.1, 0.15) is 18.2 Å². The minimum Gasteiger partial charge on any atom is -0.486 e. The summed E-state index contributed by atoms with van der Waals surface area (Å²) in [5, 5.41) is 4.13. The summed E-state index contributed by atoms with van der Waals surface area (Å²) in [6.07, 6.45) is -4.23. The number of alkyl halides is 3. The van der Waals surface area contributed by atoms with Gasteiger partial charge in [-0.05, 0) is 75.4 Å². The van der Waals surface area contributed by atoms with Gasteiger partial charge >= 0.3 is 6.18 Å². The van der Waals surface area contributed by atoms with Crippen molar-refractivity contribution in [2.45, 2.75) is 89.5 Å².